The summed E-state index contributed by atoms with van der Waals surface area (Å²) in [5.74, 6) is 3.58. The summed E-state index contributed by atoms with van der Waals surface area (Å²) < 4.78 is 9.35. The topological polar surface area (TPSA) is 51.4 Å². The lowest BCUT2D eigenvalue weighted by atomic mass is 10.4. The Hall–Kier alpha value is -0.620. The molecule has 0 bridgehead atoms. The van der Waals surface area contributed by atoms with E-state index in [0.29, 0.717) is 5.82 Å². The maximum atomic E-state index is 5.70. The Bertz CT molecular complexity index is 310. The Morgan fingerprint density at radius 2 is 2.14 bits per heavy atom. The van der Waals surface area contributed by atoms with Gasteiger partial charge < -0.3 is 15.4 Å². The van der Waals surface area contributed by atoms with Gasteiger partial charge in [0.2, 0.25) is 0 Å². The van der Waals surface area contributed by atoms with Gasteiger partial charge in [0.25, 0.3) is 0 Å². The van der Waals surface area contributed by atoms with E-state index in [4.69, 9.17) is 10.5 Å². The second-order valence-corrected chi connectivity index (χ2v) is 4.98. The van der Waals surface area contributed by atoms with Crippen LogP contribution in [0.4, 0.5) is 10.8 Å². The lowest BCUT2D eigenvalue weighted by Gasteiger charge is -2.27. The van der Waals surface area contributed by atoms with Crippen LogP contribution in [0.1, 0.15) is 0 Å². The average molecular weight is 231 g/mol. The number of aromatic nitrogens is 1. The van der Waals surface area contributed by atoms with Crippen molar-refractivity contribution in [3.63, 3.8) is 0 Å². The van der Waals surface area contributed by atoms with E-state index in [1.807, 2.05) is 11.8 Å². The third-order valence-corrected chi connectivity index (χ3v) is 4.01. The Balaban J connectivity index is 2.21. The molecule has 0 atom stereocenters. The molecule has 78 valence electrons. The normalized spacial score (nSPS) is 17.1. The van der Waals surface area contributed by atoms with Crippen LogP contribution < -0.4 is 15.4 Å². The summed E-state index contributed by atoms with van der Waals surface area (Å²) in [4.78, 5) is 2.30. The smallest absolute Gasteiger partial charge is 0.197 e. The van der Waals surface area contributed by atoms with E-state index in [-0.39, 0.29) is 0 Å². The van der Waals surface area contributed by atoms with Gasteiger partial charge in [-0.1, -0.05) is 0 Å². The van der Waals surface area contributed by atoms with Gasteiger partial charge in [-0.15, -0.1) is 0 Å². The SMILES string of the molecule is COc1c(N)nsc1N1CCSCC1. The summed E-state index contributed by atoms with van der Waals surface area (Å²) in [7, 11) is 1.64. The van der Waals surface area contributed by atoms with Gasteiger partial charge in [0, 0.05) is 24.6 Å². The Labute approximate surface area is 91.6 Å². The van der Waals surface area contributed by atoms with E-state index in [9.17, 15) is 0 Å². The maximum Gasteiger partial charge on any atom is 0.197 e. The van der Waals surface area contributed by atoms with Gasteiger partial charge in [-0.05, 0) is 11.5 Å². The van der Waals surface area contributed by atoms with Gasteiger partial charge in [0.15, 0.2) is 16.6 Å². The minimum atomic E-state index is 0.505. The molecule has 2 heterocycles. The quantitative estimate of drug-likeness (QED) is 0.831. The predicted octanol–water partition coefficient (Wildman–Crippen LogP) is 1.29. The van der Waals surface area contributed by atoms with Gasteiger partial charge >= 0.3 is 0 Å². The Morgan fingerprint density at radius 1 is 1.43 bits per heavy atom. The van der Waals surface area contributed by atoms with Gasteiger partial charge in [-0.25, -0.2) is 0 Å². The molecule has 1 aliphatic heterocycles. The van der Waals surface area contributed by atoms with Crippen LogP contribution in [0.2, 0.25) is 0 Å². The van der Waals surface area contributed by atoms with Crippen molar-refractivity contribution in [2.75, 3.05) is 42.3 Å². The van der Waals surface area contributed by atoms with E-state index in [0.717, 1.165) is 23.8 Å². The molecule has 4 nitrogen and oxygen atoms in total. The fourth-order valence-corrected chi connectivity index (χ4v) is 3.18. The highest BCUT2D eigenvalue weighted by atomic mass is 32.2. The highest BCUT2D eigenvalue weighted by Gasteiger charge is 2.20. The Kier molecular flexibility index (Phi) is 3.02. The van der Waals surface area contributed by atoms with Crippen molar-refractivity contribution in [1.29, 1.82) is 0 Å². The number of rotatable bonds is 2. The third kappa shape index (κ3) is 1.76. The standard InChI is InChI=1S/C8H13N3OS2/c1-12-6-7(9)10-14-8(6)11-2-4-13-5-3-11/h2-5H2,1H3,(H2,9,10). The highest BCUT2D eigenvalue weighted by molar-refractivity contribution is 7.99. The predicted molar refractivity (Wildman–Crippen MR) is 62.6 cm³/mol. The van der Waals surface area contributed by atoms with E-state index < -0.39 is 0 Å². The molecule has 0 spiro atoms. The highest BCUT2D eigenvalue weighted by Crippen LogP contribution is 2.38. The van der Waals surface area contributed by atoms with Crippen molar-refractivity contribution in [2.45, 2.75) is 0 Å². The number of methoxy groups -OCH3 is 1. The second kappa shape index (κ2) is 4.27. The molecule has 1 fully saturated rings. The first-order valence-corrected chi connectivity index (χ1v) is 6.37. The number of nitrogen functional groups attached to an aromatic ring is 1. The van der Waals surface area contributed by atoms with Gasteiger partial charge in [0.1, 0.15) is 0 Å². The molecule has 1 saturated heterocycles. The number of hydrogen-bond acceptors (Lipinski definition) is 6. The van der Waals surface area contributed by atoms with Crippen molar-refractivity contribution in [3.05, 3.63) is 0 Å². The molecular formula is C8H13N3OS2. The van der Waals surface area contributed by atoms with E-state index in [1.54, 1.807) is 7.11 Å². The summed E-state index contributed by atoms with van der Waals surface area (Å²) in [6.07, 6.45) is 0. The third-order valence-electron chi connectivity index (χ3n) is 2.16. The maximum absolute atomic E-state index is 5.70. The number of nitrogens with zero attached hydrogens (tertiary/aromatic N) is 2. The minimum Gasteiger partial charge on any atom is -0.490 e. The number of ether oxygens (including phenoxy) is 1. The van der Waals surface area contributed by atoms with Gasteiger partial charge in [-0.2, -0.15) is 16.1 Å². The molecule has 2 N–H and O–H groups in total. The van der Waals surface area contributed by atoms with Crippen molar-refractivity contribution < 1.29 is 4.74 Å². The molecule has 1 aromatic rings. The van der Waals surface area contributed by atoms with Crippen LogP contribution in [0.5, 0.6) is 5.75 Å². The fraction of sp³-hybridized carbons (Fsp3) is 0.625. The van der Waals surface area contributed by atoms with E-state index in [2.05, 4.69) is 9.27 Å². The molecule has 14 heavy (non-hydrogen) atoms. The molecule has 0 amide bonds. The molecule has 2 rings (SSSR count). The number of nitrogens with two attached hydrogens (primary N) is 1. The lowest BCUT2D eigenvalue weighted by Crippen LogP contribution is -2.31. The molecule has 0 unspecified atom stereocenters. The molecule has 6 heteroatoms. The van der Waals surface area contributed by atoms with Crippen LogP contribution in [0.3, 0.4) is 0 Å². The average Bonchev–Trinajstić information content (AvgIpc) is 2.61. The van der Waals surface area contributed by atoms with Crippen molar-refractivity contribution in [3.8, 4) is 5.75 Å². The Morgan fingerprint density at radius 3 is 2.79 bits per heavy atom. The van der Waals surface area contributed by atoms with E-state index >= 15 is 0 Å². The zero-order valence-corrected chi connectivity index (χ0v) is 9.66. The van der Waals surface area contributed by atoms with E-state index in [1.165, 1.54) is 23.0 Å². The molecular weight excluding hydrogens is 218 g/mol. The van der Waals surface area contributed by atoms with Gasteiger partial charge in [0.05, 0.1) is 7.11 Å². The van der Waals surface area contributed by atoms with Crippen LogP contribution in [0, 0.1) is 0 Å². The fourth-order valence-electron chi connectivity index (χ4n) is 1.44. The second-order valence-electron chi connectivity index (χ2n) is 3.01. The zero-order chi connectivity index (χ0) is 9.97. The largest absolute Gasteiger partial charge is 0.490 e. The van der Waals surface area contributed by atoms with Gasteiger partial charge in [-0.3, -0.25) is 0 Å². The summed E-state index contributed by atoms with van der Waals surface area (Å²) in [5.41, 5.74) is 5.70. The molecule has 0 aliphatic carbocycles. The summed E-state index contributed by atoms with van der Waals surface area (Å²) in [6.45, 7) is 2.12. The summed E-state index contributed by atoms with van der Waals surface area (Å²) in [5, 5.41) is 1.07. The molecule has 1 aromatic heterocycles. The number of hydrogen-bond donors (Lipinski definition) is 1. The monoisotopic (exact) mass is 231 g/mol. The number of anilines is 2. The first-order chi connectivity index (χ1) is 6.83. The van der Waals surface area contributed by atoms with Crippen LogP contribution in [0.25, 0.3) is 0 Å². The molecule has 1 aliphatic rings. The van der Waals surface area contributed by atoms with Crippen LogP contribution in [-0.4, -0.2) is 36.1 Å². The van der Waals surface area contributed by atoms with Crippen molar-refractivity contribution in [2.24, 2.45) is 0 Å². The first-order valence-electron chi connectivity index (χ1n) is 4.44. The number of thioether (sulfide) groups is 1. The molecule has 0 radical (unpaired) electrons. The summed E-state index contributed by atoms with van der Waals surface area (Å²) in [6, 6.07) is 0. The summed E-state index contributed by atoms with van der Waals surface area (Å²) >= 11 is 3.41. The van der Waals surface area contributed by atoms with Crippen molar-refractivity contribution >= 4 is 34.1 Å². The molecule has 0 saturated carbocycles. The minimum absolute atomic E-state index is 0.505. The lowest BCUT2D eigenvalue weighted by molar-refractivity contribution is 0.418. The van der Waals surface area contributed by atoms with Crippen molar-refractivity contribution in [1.82, 2.24) is 4.37 Å². The molecule has 0 aromatic carbocycles. The van der Waals surface area contributed by atoms with Crippen LogP contribution >= 0.6 is 23.3 Å². The van der Waals surface area contributed by atoms with Crippen LogP contribution in [-0.2, 0) is 0 Å². The first kappa shape index (κ1) is 9.92. The van der Waals surface area contributed by atoms with Crippen LogP contribution in [0.15, 0.2) is 0 Å². The zero-order valence-electron chi connectivity index (χ0n) is 8.02.